The van der Waals surface area contributed by atoms with E-state index in [1.807, 2.05) is 0 Å². The summed E-state index contributed by atoms with van der Waals surface area (Å²) in [5.74, 6) is 0. The van der Waals surface area contributed by atoms with Crippen molar-refractivity contribution in [2.75, 3.05) is 6.54 Å². The fourth-order valence-corrected chi connectivity index (χ4v) is 2.43. The van der Waals surface area contributed by atoms with Gasteiger partial charge in [-0.05, 0) is 38.6 Å². The molecular weight excluding hydrogens is 150 g/mol. The summed E-state index contributed by atoms with van der Waals surface area (Å²) in [4.78, 5) is 2.54. The van der Waals surface area contributed by atoms with Gasteiger partial charge in [-0.25, -0.2) is 0 Å². The molecule has 2 aliphatic rings. The summed E-state index contributed by atoms with van der Waals surface area (Å²) >= 11 is 0. The predicted octanol–water partition coefficient (Wildman–Crippen LogP) is 1.38. The molecule has 0 aromatic carbocycles. The Morgan fingerprint density at radius 2 is 2.08 bits per heavy atom. The first-order valence-electron chi connectivity index (χ1n) is 5.26. The molecule has 1 N–H and O–H groups in total. The first-order valence-corrected chi connectivity index (χ1v) is 5.26. The van der Waals surface area contributed by atoms with Crippen molar-refractivity contribution in [1.82, 2.24) is 4.90 Å². The highest BCUT2D eigenvalue weighted by molar-refractivity contribution is 4.93. The van der Waals surface area contributed by atoms with E-state index in [4.69, 9.17) is 0 Å². The Morgan fingerprint density at radius 3 is 2.67 bits per heavy atom. The molecule has 1 aliphatic heterocycles. The van der Waals surface area contributed by atoms with Crippen LogP contribution in [-0.2, 0) is 0 Å². The Bertz CT molecular complexity index is 156. The second-order valence-electron chi connectivity index (χ2n) is 4.15. The molecule has 1 saturated carbocycles. The molecule has 0 amide bonds. The van der Waals surface area contributed by atoms with Crippen molar-refractivity contribution in [3.05, 3.63) is 0 Å². The first-order chi connectivity index (χ1) is 5.83. The van der Waals surface area contributed by atoms with Gasteiger partial charge in [0.25, 0.3) is 0 Å². The van der Waals surface area contributed by atoms with E-state index in [0.717, 1.165) is 18.9 Å². The highest BCUT2D eigenvalue weighted by atomic mass is 16.3. The summed E-state index contributed by atoms with van der Waals surface area (Å²) in [5, 5.41) is 9.77. The van der Waals surface area contributed by atoms with Crippen LogP contribution in [0.15, 0.2) is 0 Å². The van der Waals surface area contributed by atoms with Gasteiger partial charge in [0.2, 0.25) is 0 Å². The van der Waals surface area contributed by atoms with Gasteiger partial charge in [0, 0.05) is 12.1 Å². The summed E-state index contributed by atoms with van der Waals surface area (Å²) in [6, 6.07) is 1.29. The third-order valence-corrected chi connectivity index (χ3v) is 3.22. The van der Waals surface area contributed by atoms with E-state index in [1.165, 1.54) is 25.8 Å². The molecule has 2 rings (SSSR count). The van der Waals surface area contributed by atoms with Gasteiger partial charge in [0.15, 0.2) is 0 Å². The number of hydrogen-bond donors (Lipinski definition) is 1. The summed E-state index contributed by atoms with van der Waals surface area (Å²) in [7, 11) is 0. The van der Waals surface area contributed by atoms with Crippen molar-refractivity contribution < 1.29 is 5.11 Å². The Labute approximate surface area is 74.6 Å². The second kappa shape index (κ2) is 3.35. The van der Waals surface area contributed by atoms with Crippen LogP contribution in [0.1, 0.15) is 39.0 Å². The van der Waals surface area contributed by atoms with E-state index in [9.17, 15) is 5.11 Å². The maximum atomic E-state index is 9.77. The average Bonchev–Trinajstić information content (AvgIpc) is 2.86. The Balaban J connectivity index is 1.98. The molecule has 0 bridgehead atoms. The fourth-order valence-electron chi connectivity index (χ4n) is 2.43. The summed E-state index contributed by atoms with van der Waals surface area (Å²) in [5.41, 5.74) is 0. The largest absolute Gasteiger partial charge is 0.391 e. The van der Waals surface area contributed by atoms with Crippen LogP contribution in [0.4, 0.5) is 0 Å². The number of hydrogen-bond acceptors (Lipinski definition) is 2. The van der Waals surface area contributed by atoms with Gasteiger partial charge in [-0.15, -0.1) is 0 Å². The smallest absolute Gasteiger partial charge is 0.0695 e. The van der Waals surface area contributed by atoms with Crippen LogP contribution in [0, 0.1) is 0 Å². The molecular formula is C10H19NO. The number of rotatable bonds is 2. The van der Waals surface area contributed by atoms with Crippen LogP contribution in [0.25, 0.3) is 0 Å². The molecule has 2 nitrogen and oxygen atoms in total. The molecule has 1 saturated heterocycles. The quantitative estimate of drug-likeness (QED) is 0.675. The van der Waals surface area contributed by atoms with E-state index in [-0.39, 0.29) is 6.10 Å². The molecule has 1 heterocycles. The van der Waals surface area contributed by atoms with Crippen molar-refractivity contribution >= 4 is 0 Å². The van der Waals surface area contributed by atoms with Crippen LogP contribution >= 0.6 is 0 Å². The van der Waals surface area contributed by atoms with E-state index in [0.29, 0.717) is 6.04 Å². The summed E-state index contributed by atoms with van der Waals surface area (Å²) in [6.07, 6.45) is 5.99. The summed E-state index contributed by atoms with van der Waals surface area (Å²) in [6.45, 7) is 3.41. The van der Waals surface area contributed by atoms with Gasteiger partial charge < -0.3 is 5.11 Å². The molecule has 0 radical (unpaired) electrons. The maximum Gasteiger partial charge on any atom is 0.0695 e. The third-order valence-electron chi connectivity index (χ3n) is 3.22. The van der Waals surface area contributed by atoms with E-state index >= 15 is 0 Å². The lowest BCUT2D eigenvalue weighted by atomic mass is 9.96. The van der Waals surface area contributed by atoms with Crippen LogP contribution in [0.3, 0.4) is 0 Å². The van der Waals surface area contributed by atoms with Crippen LogP contribution < -0.4 is 0 Å². The lowest BCUT2D eigenvalue weighted by Gasteiger charge is -2.38. The minimum Gasteiger partial charge on any atom is -0.391 e. The Hall–Kier alpha value is -0.0800. The lowest BCUT2D eigenvalue weighted by Crippen LogP contribution is -2.48. The number of aliphatic hydroxyl groups excluding tert-OH is 1. The van der Waals surface area contributed by atoms with Gasteiger partial charge in [-0.1, -0.05) is 6.92 Å². The number of aliphatic hydroxyl groups is 1. The lowest BCUT2D eigenvalue weighted by molar-refractivity contribution is 0.00463. The fraction of sp³-hybridized carbons (Fsp3) is 1.00. The van der Waals surface area contributed by atoms with E-state index in [1.54, 1.807) is 0 Å². The monoisotopic (exact) mass is 169 g/mol. The normalized spacial score (nSPS) is 38.5. The van der Waals surface area contributed by atoms with Gasteiger partial charge in [0.05, 0.1) is 6.10 Å². The van der Waals surface area contributed by atoms with E-state index < -0.39 is 0 Å². The van der Waals surface area contributed by atoms with E-state index in [2.05, 4.69) is 11.8 Å². The Kier molecular flexibility index (Phi) is 2.37. The number of nitrogens with zero attached hydrogens (tertiary/aromatic N) is 1. The minimum absolute atomic E-state index is 0.0515. The highest BCUT2D eigenvalue weighted by Crippen LogP contribution is 2.33. The molecule has 0 spiro atoms. The van der Waals surface area contributed by atoms with Crippen LogP contribution in [0.2, 0.25) is 0 Å². The topological polar surface area (TPSA) is 23.5 Å². The van der Waals surface area contributed by atoms with Crippen LogP contribution in [0.5, 0.6) is 0 Å². The van der Waals surface area contributed by atoms with Crippen molar-refractivity contribution in [3.8, 4) is 0 Å². The first kappa shape index (κ1) is 8.52. The van der Waals surface area contributed by atoms with Gasteiger partial charge in [-0.2, -0.15) is 0 Å². The standard InChI is InChI=1S/C10H19NO/c1-2-9-10(12)4-3-7-11(9)8-5-6-8/h8-10,12H,2-7H2,1H3. The molecule has 2 fully saturated rings. The molecule has 2 heteroatoms. The minimum atomic E-state index is -0.0515. The zero-order chi connectivity index (χ0) is 8.55. The second-order valence-corrected chi connectivity index (χ2v) is 4.15. The molecule has 70 valence electrons. The van der Waals surface area contributed by atoms with Crippen molar-refractivity contribution in [2.24, 2.45) is 0 Å². The molecule has 2 unspecified atom stereocenters. The zero-order valence-electron chi connectivity index (χ0n) is 7.87. The van der Waals surface area contributed by atoms with Crippen molar-refractivity contribution in [3.63, 3.8) is 0 Å². The number of likely N-dealkylation sites (tertiary alicyclic amines) is 1. The molecule has 0 aromatic rings. The predicted molar refractivity (Wildman–Crippen MR) is 49.0 cm³/mol. The third kappa shape index (κ3) is 1.50. The average molecular weight is 169 g/mol. The zero-order valence-corrected chi connectivity index (χ0v) is 7.87. The summed E-state index contributed by atoms with van der Waals surface area (Å²) < 4.78 is 0. The maximum absolute atomic E-state index is 9.77. The van der Waals surface area contributed by atoms with Crippen molar-refractivity contribution in [2.45, 2.75) is 57.2 Å². The molecule has 12 heavy (non-hydrogen) atoms. The molecule has 1 aliphatic carbocycles. The highest BCUT2D eigenvalue weighted by Gasteiger charge is 2.37. The van der Waals surface area contributed by atoms with Crippen LogP contribution in [-0.4, -0.2) is 34.7 Å². The van der Waals surface area contributed by atoms with Crippen molar-refractivity contribution in [1.29, 1.82) is 0 Å². The van der Waals surface area contributed by atoms with Gasteiger partial charge in [0.1, 0.15) is 0 Å². The molecule has 0 aromatic heterocycles. The van der Waals surface area contributed by atoms with Gasteiger partial charge >= 0.3 is 0 Å². The Morgan fingerprint density at radius 1 is 1.33 bits per heavy atom. The number of piperidine rings is 1. The SMILES string of the molecule is CCC1C(O)CCCN1C1CC1. The van der Waals surface area contributed by atoms with Gasteiger partial charge in [-0.3, -0.25) is 4.90 Å². The molecule has 2 atom stereocenters.